The van der Waals surface area contributed by atoms with E-state index in [9.17, 15) is 20.3 Å². The van der Waals surface area contributed by atoms with Gasteiger partial charge in [-0.3, -0.25) is 4.79 Å². The third-order valence-electron chi connectivity index (χ3n) is 12.4. The number of allylic oxidation sites excluding steroid dienone is 1. The summed E-state index contributed by atoms with van der Waals surface area (Å²) < 4.78 is 21.0. The molecule has 1 fully saturated rings. The van der Waals surface area contributed by atoms with E-state index in [1.807, 2.05) is 54.3 Å². The maximum absolute atomic E-state index is 14.8. The van der Waals surface area contributed by atoms with E-state index >= 15 is 0 Å². The molecular weight excluding hydrogens is 767 g/mol. The van der Waals surface area contributed by atoms with Gasteiger partial charge in [0, 0.05) is 43.2 Å². The summed E-state index contributed by atoms with van der Waals surface area (Å²) in [5.74, 6) is 0.000298. The number of hydrogen-bond acceptors (Lipinski definition) is 9. The number of benzene rings is 4. The van der Waals surface area contributed by atoms with Crippen LogP contribution in [0.5, 0.6) is 17.2 Å². The van der Waals surface area contributed by atoms with Crippen LogP contribution in [-0.4, -0.2) is 72.0 Å². The molecule has 0 spiro atoms. The first-order valence-corrected chi connectivity index (χ1v) is 21.7. The Morgan fingerprint density at radius 2 is 1.66 bits per heavy atom. The van der Waals surface area contributed by atoms with Crippen LogP contribution in [0.1, 0.15) is 85.7 Å². The van der Waals surface area contributed by atoms with Crippen LogP contribution in [0.25, 0.3) is 11.1 Å². The molecule has 0 radical (unpaired) electrons. The number of amides is 1. The Balaban J connectivity index is 1.39. The van der Waals surface area contributed by atoms with Crippen LogP contribution in [0.15, 0.2) is 127 Å². The van der Waals surface area contributed by atoms with Crippen molar-refractivity contribution >= 4 is 11.6 Å². The first-order chi connectivity index (χ1) is 29.9. The summed E-state index contributed by atoms with van der Waals surface area (Å²) in [5.41, 5.74) is 5.82. The fourth-order valence-electron chi connectivity index (χ4n) is 9.80. The number of ether oxygens (including phenoxy) is 3. The van der Waals surface area contributed by atoms with Gasteiger partial charge < -0.3 is 34.2 Å². The molecule has 1 amide bonds. The topological polar surface area (TPSA) is 134 Å². The number of aliphatic hydroxyl groups is 2. The molecule has 61 heavy (non-hydrogen) atoms. The molecule has 3 aliphatic rings. The van der Waals surface area contributed by atoms with E-state index in [4.69, 9.17) is 19.0 Å². The number of carbonyl (C=O) groups excluding carboxylic acids is 1. The summed E-state index contributed by atoms with van der Waals surface area (Å²) in [4.78, 5) is 22.3. The van der Waals surface area contributed by atoms with Gasteiger partial charge in [-0.2, -0.15) is 5.26 Å². The zero-order valence-electron chi connectivity index (χ0n) is 35.2. The van der Waals surface area contributed by atoms with Gasteiger partial charge in [-0.15, -0.1) is 6.58 Å². The van der Waals surface area contributed by atoms with Crippen LogP contribution in [0.3, 0.4) is 0 Å². The standard InChI is InChI=1S/C51H57N3O7/c1-4-27-54(50(57)38-19-17-35(34-52)18-20-38)47-33-45(53-58-3)43-31-39(15-9-11-28-55)42(16-10-12-29-56)48-44-32-41(25-26-46(44)61-51(47,49(43)48)59-30-5-2)60-40-23-21-37(22-24-40)36-13-7-6-8-14-36/h5-8,13-14,17-26,31-32,39,42,47-49,55-56H,2,4,9-12,15-16,27-30,33H2,1,3H3. The normalized spacial score (nSPS) is 23.1. The average molecular weight is 824 g/mol. The Kier molecular flexibility index (Phi) is 14.4. The van der Waals surface area contributed by atoms with Crippen molar-refractivity contribution in [2.75, 3.05) is 33.5 Å². The van der Waals surface area contributed by atoms with Crippen molar-refractivity contribution in [1.82, 2.24) is 4.90 Å². The number of oxime groups is 1. The Morgan fingerprint density at radius 1 is 0.951 bits per heavy atom. The van der Waals surface area contributed by atoms with E-state index in [0.717, 1.165) is 53.7 Å². The van der Waals surface area contributed by atoms with Gasteiger partial charge in [0.25, 0.3) is 5.91 Å². The lowest BCUT2D eigenvalue weighted by molar-refractivity contribution is -0.254. The number of rotatable bonds is 19. The predicted molar refractivity (Wildman–Crippen MR) is 236 cm³/mol. The van der Waals surface area contributed by atoms with Crippen molar-refractivity contribution in [3.63, 3.8) is 0 Å². The van der Waals surface area contributed by atoms with Gasteiger partial charge >= 0.3 is 0 Å². The Labute approximate surface area is 359 Å². The fourth-order valence-corrected chi connectivity index (χ4v) is 9.80. The summed E-state index contributed by atoms with van der Waals surface area (Å²) in [6.45, 7) is 6.87. The number of hydrogen-bond donors (Lipinski definition) is 2. The highest BCUT2D eigenvalue weighted by Gasteiger charge is 2.65. The highest BCUT2D eigenvalue weighted by molar-refractivity contribution is 6.03. The molecule has 4 aromatic carbocycles. The molecule has 4 aromatic rings. The number of fused-ring (bicyclic) bond motifs is 2. The summed E-state index contributed by atoms with van der Waals surface area (Å²) in [6.07, 6.45) is 9.70. The molecule has 2 aliphatic carbocycles. The molecule has 1 heterocycles. The van der Waals surface area contributed by atoms with Gasteiger partial charge in [0.05, 0.1) is 29.9 Å². The highest BCUT2D eigenvalue weighted by Crippen LogP contribution is 2.62. The molecule has 0 aromatic heterocycles. The highest BCUT2D eigenvalue weighted by atomic mass is 16.7. The summed E-state index contributed by atoms with van der Waals surface area (Å²) in [6, 6.07) is 32.5. The van der Waals surface area contributed by atoms with Crippen LogP contribution < -0.4 is 9.47 Å². The second-order valence-electron chi connectivity index (χ2n) is 16.1. The van der Waals surface area contributed by atoms with E-state index < -0.39 is 17.7 Å². The third-order valence-corrected chi connectivity index (χ3v) is 12.4. The first kappa shape index (κ1) is 43.4. The molecule has 2 N–H and O–H groups in total. The summed E-state index contributed by atoms with van der Waals surface area (Å²) in [7, 11) is 1.55. The lowest BCUT2D eigenvalue weighted by Gasteiger charge is -2.60. The molecule has 0 bridgehead atoms. The molecule has 1 aliphatic heterocycles. The predicted octanol–water partition coefficient (Wildman–Crippen LogP) is 9.83. The number of nitrogens with zero attached hydrogens (tertiary/aromatic N) is 3. The second kappa shape index (κ2) is 20.2. The fraction of sp³-hybridized carbons (Fsp3) is 0.392. The lowest BCUT2D eigenvalue weighted by atomic mass is 9.55. The Bertz CT molecular complexity index is 2220. The molecule has 7 rings (SSSR count). The van der Waals surface area contributed by atoms with Gasteiger partial charge in [-0.1, -0.05) is 79.5 Å². The van der Waals surface area contributed by atoms with Gasteiger partial charge in [-0.05, 0) is 115 Å². The van der Waals surface area contributed by atoms with Crippen molar-refractivity contribution in [2.45, 2.75) is 76.0 Å². The first-order valence-electron chi connectivity index (χ1n) is 21.7. The summed E-state index contributed by atoms with van der Waals surface area (Å²) >= 11 is 0. The third kappa shape index (κ3) is 9.15. The molecule has 0 saturated heterocycles. The van der Waals surface area contributed by atoms with Gasteiger partial charge in [0.15, 0.2) is 0 Å². The van der Waals surface area contributed by atoms with Crippen LogP contribution in [0.2, 0.25) is 0 Å². The van der Waals surface area contributed by atoms with Gasteiger partial charge in [0.1, 0.15) is 30.4 Å². The van der Waals surface area contributed by atoms with E-state index in [2.05, 4.69) is 54.2 Å². The zero-order valence-corrected chi connectivity index (χ0v) is 35.2. The minimum atomic E-state index is -1.37. The average Bonchev–Trinajstić information content (AvgIpc) is 3.29. The van der Waals surface area contributed by atoms with Crippen LogP contribution >= 0.6 is 0 Å². The summed E-state index contributed by atoms with van der Waals surface area (Å²) in [5, 5.41) is 34.0. The quantitative estimate of drug-likeness (QED) is 0.0543. The van der Waals surface area contributed by atoms with E-state index in [0.29, 0.717) is 60.6 Å². The monoisotopic (exact) mass is 823 g/mol. The molecule has 1 saturated carbocycles. The smallest absolute Gasteiger partial charge is 0.254 e. The molecular formula is C51H57N3O7. The van der Waals surface area contributed by atoms with Crippen molar-refractivity contribution < 1.29 is 34.1 Å². The van der Waals surface area contributed by atoms with E-state index in [1.165, 1.54) is 0 Å². The number of carbonyl (C=O) groups is 1. The molecule has 318 valence electrons. The number of nitriles is 1. The maximum Gasteiger partial charge on any atom is 0.254 e. The van der Waals surface area contributed by atoms with Crippen molar-refractivity contribution in [3.8, 4) is 34.4 Å². The van der Waals surface area contributed by atoms with Crippen LogP contribution in [0, 0.1) is 29.1 Å². The largest absolute Gasteiger partial charge is 0.459 e. The van der Waals surface area contributed by atoms with Crippen LogP contribution in [0.4, 0.5) is 0 Å². The van der Waals surface area contributed by atoms with Gasteiger partial charge in [0.2, 0.25) is 5.79 Å². The van der Waals surface area contributed by atoms with Crippen LogP contribution in [-0.2, 0) is 9.57 Å². The SMILES string of the molecule is C=CCOC12Oc3ccc(Oc4ccc(-c5ccccc5)cc4)cc3C3C(CCCCO)C(CCCCO)C=C(C(=NOC)CC1N(CCC)C(=O)c1ccc(C#N)cc1)C32. The van der Waals surface area contributed by atoms with Gasteiger partial charge in [-0.25, -0.2) is 0 Å². The van der Waals surface area contributed by atoms with Crippen molar-refractivity contribution in [1.29, 1.82) is 5.26 Å². The number of unbranched alkanes of at least 4 members (excludes halogenated alkanes) is 2. The van der Waals surface area contributed by atoms with E-state index in [-0.39, 0.29) is 43.5 Å². The minimum absolute atomic E-state index is 0.0742. The molecule has 10 nitrogen and oxygen atoms in total. The minimum Gasteiger partial charge on any atom is -0.459 e. The Morgan fingerprint density at radius 3 is 2.33 bits per heavy atom. The van der Waals surface area contributed by atoms with Crippen molar-refractivity contribution in [2.24, 2.45) is 22.9 Å². The molecule has 10 heteroatoms. The Hall–Kier alpha value is -5.73. The lowest BCUT2D eigenvalue weighted by Crippen LogP contribution is -2.70. The second-order valence-corrected chi connectivity index (χ2v) is 16.1. The van der Waals surface area contributed by atoms with E-state index in [1.54, 1.807) is 37.5 Å². The molecule has 6 unspecified atom stereocenters. The van der Waals surface area contributed by atoms with Crippen molar-refractivity contribution in [3.05, 3.63) is 138 Å². The zero-order chi connectivity index (χ0) is 42.8. The molecule has 6 atom stereocenters. The maximum atomic E-state index is 14.8. The number of aliphatic hydroxyl groups excluding tert-OH is 2.